The summed E-state index contributed by atoms with van der Waals surface area (Å²) in [4.78, 5) is 17.8. The van der Waals surface area contributed by atoms with E-state index in [2.05, 4.69) is 36.3 Å². The van der Waals surface area contributed by atoms with Gasteiger partial charge in [0.15, 0.2) is 6.61 Å². The van der Waals surface area contributed by atoms with Gasteiger partial charge in [-0.25, -0.2) is 0 Å². The summed E-state index contributed by atoms with van der Waals surface area (Å²) in [5.74, 6) is 4.37. The van der Waals surface area contributed by atoms with Crippen molar-refractivity contribution in [2.24, 2.45) is 33.7 Å². The molecule has 0 bridgehead atoms. The van der Waals surface area contributed by atoms with Gasteiger partial charge in [0.25, 0.3) is 5.91 Å². The van der Waals surface area contributed by atoms with Crippen LogP contribution in [0.4, 0.5) is 0 Å². The molecule has 0 spiro atoms. The van der Waals surface area contributed by atoms with Crippen LogP contribution in [0.2, 0.25) is 0 Å². The second-order valence-corrected chi connectivity index (χ2v) is 12.1. The summed E-state index contributed by atoms with van der Waals surface area (Å²) in [7, 11) is 0. The van der Waals surface area contributed by atoms with E-state index in [0.29, 0.717) is 17.8 Å². The molecule has 3 unspecified atom stereocenters. The molecule has 0 saturated heterocycles. The van der Waals surface area contributed by atoms with E-state index in [1.165, 1.54) is 5.57 Å². The minimum absolute atomic E-state index is 0.0727. The predicted molar refractivity (Wildman–Crippen MR) is 142 cm³/mol. The van der Waals surface area contributed by atoms with Crippen molar-refractivity contribution in [2.45, 2.75) is 83.8 Å². The minimum Gasteiger partial charge on any atom is -0.385 e. The van der Waals surface area contributed by atoms with Gasteiger partial charge in [-0.3, -0.25) is 4.79 Å². The van der Waals surface area contributed by atoms with Crippen LogP contribution in [0.3, 0.4) is 0 Å². The van der Waals surface area contributed by atoms with E-state index in [1.807, 2.05) is 37.3 Å². The minimum atomic E-state index is -0.950. The molecule has 1 aromatic carbocycles. The molecule has 3 fully saturated rings. The van der Waals surface area contributed by atoms with E-state index in [1.54, 1.807) is 0 Å². The Kier molecular flexibility index (Phi) is 6.53. The number of nitrogens with one attached hydrogen (secondary N) is 1. The smallest absolute Gasteiger partial charge is 0.261 e. The molecule has 4 aliphatic rings. The van der Waals surface area contributed by atoms with Gasteiger partial charge in [-0.05, 0) is 93.1 Å². The van der Waals surface area contributed by atoms with Crippen LogP contribution in [0.25, 0.3) is 0 Å². The molecule has 2 N–H and O–H groups in total. The maximum Gasteiger partial charge on any atom is 0.261 e. The zero-order valence-corrected chi connectivity index (χ0v) is 21.9. The summed E-state index contributed by atoms with van der Waals surface area (Å²) < 4.78 is 0. The molecule has 0 radical (unpaired) electrons. The Hall–Kier alpha value is -2.58. The van der Waals surface area contributed by atoms with E-state index in [4.69, 9.17) is 11.3 Å². The predicted octanol–water partition coefficient (Wildman–Crippen LogP) is 5.56. The highest BCUT2D eigenvalue weighted by Gasteiger charge is 2.63. The number of carbonyl (C=O) groups is 1. The number of benzene rings is 1. The molecule has 5 rings (SSSR count). The summed E-state index contributed by atoms with van der Waals surface area (Å²) in [6.07, 6.45) is 16.1. The van der Waals surface area contributed by atoms with Crippen LogP contribution >= 0.6 is 0 Å². The third kappa shape index (κ3) is 4.08. The van der Waals surface area contributed by atoms with Gasteiger partial charge in [0.1, 0.15) is 5.60 Å². The molecule has 5 nitrogen and oxygen atoms in total. The molecule has 0 aliphatic heterocycles. The fraction of sp³-hybridized carbons (Fsp3) is 0.613. The maximum atomic E-state index is 12.3. The molecular formula is C31H40N2O3. The highest BCUT2D eigenvalue weighted by atomic mass is 16.6. The van der Waals surface area contributed by atoms with Crippen LogP contribution in [-0.2, 0) is 9.63 Å². The van der Waals surface area contributed by atoms with Crippen molar-refractivity contribution >= 4 is 11.6 Å². The first-order chi connectivity index (χ1) is 17.2. The number of oxime groups is 1. The van der Waals surface area contributed by atoms with Crippen LogP contribution in [0.15, 0.2) is 47.1 Å². The lowest BCUT2D eigenvalue weighted by Crippen LogP contribution is -2.54. The zero-order chi connectivity index (χ0) is 25.6. The van der Waals surface area contributed by atoms with E-state index in [-0.39, 0.29) is 29.4 Å². The van der Waals surface area contributed by atoms with E-state index < -0.39 is 5.60 Å². The molecule has 36 heavy (non-hydrogen) atoms. The van der Waals surface area contributed by atoms with Crippen LogP contribution in [0.5, 0.6) is 0 Å². The number of nitrogens with zero attached hydrogens (tertiary/aromatic N) is 1. The van der Waals surface area contributed by atoms with Gasteiger partial charge < -0.3 is 15.3 Å². The Morgan fingerprint density at radius 2 is 1.92 bits per heavy atom. The Balaban J connectivity index is 1.21. The quantitative estimate of drug-likeness (QED) is 0.421. The van der Waals surface area contributed by atoms with Gasteiger partial charge in [0.05, 0.1) is 11.8 Å². The normalized spacial score (nSPS) is 39.1. The Labute approximate surface area is 215 Å². The zero-order valence-electron chi connectivity index (χ0n) is 21.9. The average Bonchev–Trinajstić information content (AvgIpc) is 3.15. The van der Waals surface area contributed by atoms with Crippen molar-refractivity contribution in [1.82, 2.24) is 5.32 Å². The first kappa shape index (κ1) is 25.1. The summed E-state index contributed by atoms with van der Waals surface area (Å²) in [5, 5.41) is 18.5. The lowest BCUT2D eigenvalue weighted by Gasteiger charge is -2.58. The molecule has 4 aliphatic carbocycles. The topological polar surface area (TPSA) is 70.9 Å². The lowest BCUT2D eigenvalue weighted by atomic mass is 9.46. The van der Waals surface area contributed by atoms with Gasteiger partial charge in [0, 0.05) is 5.41 Å². The first-order valence-corrected chi connectivity index (χ1v) is 13.6. The van der Waals surface area contributed by atoms with Crippen molar-refractivity contribution in [3.05, 3.63) is 47.5 Å². The molecular weight excluding hydrogens is 448 g/mol. The Morgan fingerprint density at radius 3 is 2.67 bits per heavy atom. The van der Waals surface area contributed by atoms with Gasteiger partial charge in [-0.2, -0.15) is 0 Å². The molecule has 3 saturated carbocycles. The SMILES string of the molecule is C#C[C@]1(O)CCC2[C@@H]3CCC4=C/C(=N/OCC(=O)NC(C)c5ccccc5)CC[C@]4(C)C3CC[C@@]21C. The van der Waals surface area contributed by atoms with Crippen LogP contribution in [-0.4, -0.2) is 28.9 Å². The third-order valence-electron chi connectivity index (χ3n) is 10.4. The molecule has 0 heterocycles. The largest absolute Gasteiger partial charge is 0.385 e. The summed E-state index contributed by atoms with van der Waals surface area (Å²) in [6, 6.07) is 9.83. The monoisotopic (exact) mass is 488 g/mol. The second kappa shape index (κ2) is 9.38. The Morgan fingerprint density at radius 1 is 1.17 bits per heavy atom. The average molecular weight is 489 g/mol. The van der Waals surface area contributed by atoms with Crippen molar-refractivity contribution in [2.75, 3.05) is 6.61 Å². The van der Waals surface area contributed by atoms with Gasteiger partial charge in [-0.1, -0.05) is 60.8 Å². The fourth-order valence-corrected chi connectivity index (χ4v) is 8.18. The number of aliphatic hydroxyl groups is 1. The maximum absolute atomic E-state index is 12.3. The molecule has 0 aromatic heterocycles. The third-order valence-corrected chi connectivity index (χ3v) is 10.4. The summed E-state index contributed by atoms with van der Waals surface area (Å²) in [6.45, 7) is 6.57. The van der Waals surface area contributed by atoms with Crippen molar-refractivity contribution in [1.29, 1.82) is 0 Å². The molecule has 192 valence electrons. The lowest BCUT2D eigenvalue weighted by molar-refractivity contribution is -0.126. The summed E-state index contributed by atoms with van der Waals surface area (Å²) in [5.41, 5.74) is 2.54. The van der Waals surface area contributed by atoms with Crippen LogP contribution < -0.4 is 5.32 Å². The van der Waals surface area contributed by atoms with Crippen LogP contribution in [0.1, 0.15) is 83.7 Å². The number of hydrogen-bond donors (Lipinski definition) is 2. The number of fused-ring (bicyclic) bond motifs is 5. The summed E-state index contributed by atoms with van der Waals surface area (Å²) >= 11 is 0. The highest BCUT2D eigenvalue weighted by molar-refractivity contribution is 5.96. The number of amides is 1. The molecule has 5 heteroatoms. The fourth-order valence-electron chi connectivity index (χ4n) is 8.18. The molecule has 1 amide bonds. The number of carbonyl (C=O) groups excluding carboxylic acids is 1. The number of allylic oxidation sites excluding steroid dienone is 2. The van der Waals surface area contributed by atoms with Gasteiger partial charge >= 0.3 is 0 Å². The van der Waals surface area contributed by atoms with E-state index in [9.17, 15) is 9.90 Å². The second-order valence-electron chi connectivity index (χ2n) is 12.1. The number of rotatable bonds is 5. The number of hydrogen-bond acceptors (Lipinski definition) is 4. The van der Waals surface area contributed by atoms with E-state index in [0.717, 1.165) is 62.6 Å². The van der Waals surface area contributed by atoms with Crippen molar-refractivity contribution in [3.8, 4) is 12.3 Å². The van der Waals surface area contributed by atoms with Gasteiger partial charge in [0.2, 0.25) is 0 Å². The molecule has 1 aromatic rings. The molecule has 7 atom stereocenters. The van der Waals surface area contributed by atoms with E-state index >= 15 is 0 Å². The standard InChI is InChI=1S/C31H40N2O3/c1-5-31(35)18-15-27-25-12-11-23-19-24(13-16-29(23,3)26(25)14-17-30(27,31)4)33-36-20-28(34)32-21(2)22-9-7-6-8-10-22/h1,6-10,19,21,25-27,35H,11-18,20H2,2-4H3,(H,32,34)/b33-24+/t21?,25-,26?,27?,29+,30+,31+/m1/s1. The highest BCUT2D eigenvalue weighted by Crippen LogP contribution is 2.67. The first-order valence-electron chi connectivity index (χ1n) is 13.6. The van der Waals surface area contributed by atoms with Gasteiger partial charge in [-0.15, -0.1) is 6.42 Å². The van der Waals surface area contributed by atoms with Crippen molar-refractivity contribution in [3.63, 3.8) is 0 Å². The Bertz CT molecular complexity index is 1100. The number of terminal acetylenes is 1. The van der Waals surface area contributed by atoms with Crippen molar-refractivity contribution < 1.29 is 14.7 Å². The van der Waals surface area contributed by atoms with Crippen LogP contribution in [0, 0.1) is 40.9 Å².